The minimum Gasteiger partial charge on any atom is -0.478 e. The number of carboxylic acid groups (broad SMARTS) is 1. The van der Waals surface area contributed by atoms with Crippen molar-refractivity contribution < 1.29 is 9.90 Å². The molecule has 0 radical (unpaired) electrons. The highest BCUT2D eigenvalue weighted by Crippen LogP contribution is 2.35. The highest BCUT2D eigenvalue weighted by Gasteiger charge is 2.21. The van der Waals surface area contributed by atoms with Gasteiger partial charge in [-0.2, -0.15) is 0 Å². The number of hydrogen-bond donors (Lipinski definition) is 2. The molecule has 0 saturated carbocycles. The fourth-order valence-corrected chi connectivity index (χ4v) is 2.78. The Kier molecular flexibility index (Phi) is 3.48. The number of nitrogens with two attached hydrogens (primary N) is 1. The molecule has 5 nitrogen and oxygen atoms in total. The monoisotopic (exact) mass is 283 g/mol. The van der Waals surface area contributed by atoms with Gasteiger partial charge in [-0.15, -0.1) is 0 Å². The summed E-state index contributed by atoms with van der Waals surface area (Å²) in [4.78, 5) is 17.6. The van der Waals surface area contributed by atoms with Crippen LogP contribution in [0, 0.1) is 0 Å². The van der Waals surface area contributed by atoms with E-state index in [4.69, 9.17) is 5.73 Å². The number of benzene rings is 1. The summed E-state index contributed by atoms with van der Waals surface area (Å²) < 4.78 is 0. The maximum Gasteiger partial charge on any atom is 0.337 e. The Labute approximate surface area is 123 Å². The van der Waals surface area contributed by atoms with Crippen LogP contribution in [0.15, 0.2) is 36.5 Å². The lowest BCUT2D eigenvalue weighted by Crippen LogP contribution is -2.21. The van der Waals surface area contributed by atoms with Gasteiger partial charge in [0, 0.05) is 18.4 Å². The zero-order chi connectivity index (χ0) is 14.8. The van der Waals surface area contributed by atoms with Gasteiger partial charge < -0.3 is 15.7 Å². The largest absolute Gasteiger partial charge is 0.478 e. The zero-order valence-corrected chi connectivity index (χ0v) is 11.6. The van der Waals surface area contributed by atoms with Crippen molar-refractivity contribution >= 4 is 23.2 Å². The second-order valence-corrected chi connectivity index (χ2v) is 5.14. The Bertz CT molecular complexity index is 685. The summed E-state index contributed by atoms with van der Waals surface area (Å²) >= 11 is 0. The quantitative estimate of drug-likeness (QED) is 0.886. The molecular weight excluding hydrogens is 266 g/mol. The molecule has 0 aliphatic carbocycles. The van der Waals surface area contributed by atoms with Crippen molar-refractivity contribution in [2.24, 2.45) is 0 Å². The number of aryl methyl sites for hydroxylation is 1. The number of nitrogens with zero attached hydrogens (tertiary/aromatic N) is 2. The maximum atomic E-state index is 11.2. The first-order chi connectivity index (χ1) is 10.2. The molecule has 2 heterocycles. The minimum absolute atomic E-state index is 0.0988. The molecule has 0 amide bonds. The minimum atomic E-state index is -1.03. The van der Waals surface area contributed by atoms with Gasteiger partial charge in [-0.1, -0.05) is 18.2 Å². The summed E-state index contributed by atoms with van der Waals surface area (Å²) in [6.45, 7) is 0.789. The summed E-state index contributed by atoms with van der Waals surface area (Å²) in [6, 6.07) is 9.58. The molecule has 5 heteroatoms. The molecule has 3 N–H and O–H groups in total. The van der Waals surface area contributed by atoms with E-state index in [1.54, 1.807) is 0 Å². The Balaban J connectivity index is 2.12. The summed E-state index contributed by atoms with van der Waals surface area (Å²) in [5, 5.41) is 9.21. The van der Waals surface area contributed by atoms with Crippen molar-refractivity contribution in [2.45, 2.75) is 19.3 Å². The first kappa shape index (κ1) is 13.4. The van der Waals surface area contributed by atoms with Crippen LogP contribution in [0.5, 0.6) is 0 Å². The van der Waals surface area contributed by atoms with E-state index in [0.717, 1.165) is 31.5 Å². The first-order valence-corrected chi connectivity index (χ1v) is 7.01. The van der Waals surface area contributed by atoms with Crippen LogP contribution in [0.3, 0.4) is 0 Å². The Morgan fingerprint density at radius 3 is 2.86 bits per heavy atom. The van der Waals surface area contributed by atoms with E-state index in [2.05, 4.69) is 11.1 Å². The van der Waals surface area contributed by atoms with Crippen LogP contribution in [0.25, 0.3) is 0 Å². The van der Waals surface area contributed by atoms with Crippen molar-refractivity contribution in [3.63, 3.8) is 0 Å². The smallest absolute Gasteiger partial charge is 0.337 e. The third-order valence-electron chi connectivity index (χ3n) is 3.82. The Hall–Kier alpha value is -2.56. The Morgan fingerprint density at radius 2 is 2.05 bits per heavy atom. The second kappa shape index (κ2) is 5.44. The van der Waals surface area contributed by atoms with Gasteiger partial charge in [0.2, 0.25) is 0 Å². The topological polar surface area (TPSA) is 79.5 Å². The number of para-hydroxylation sites is 1. The predicted octanol–water partition coefficient (Wildman–Crippen LogP) is 2.84. The number of fused-ring (bicyclic) bond motifs is 1. The van der Waals surface area contributed by atoms with Crippen LogP contribution < -0.4 is 10.6 Å². The molecule has 0 fully saturated rings. The molecule has 0 bridgehead atoms. The second-order valence-electron chi connectivity index (χ2n) is 5.14. The van der Waals surface area contributed by atoms with Crippen LogP contribution in [0.1, 0.15) is 28.8 Å². The van der Waals surface area contributed by atoms with Crippen LogP contribution in [-0.2, 0) is 6.42 Å². The molecule has 0 unspecified atom stereocenters. The maximum absolute atomic E-state index is 11.2. The first-order valence-electron chi connectivity index (χ1n) is 7.01. The molecule has 0 atom stereocenters. The highest BCUT2D eigenvalue weighted by atomic mass is 16.4. The standard InChI is InChI=1S/C16H17N3O2/c17-14-12(16(20)21)8-9-18-15(14)19-10-4-3-6-11-5-1-2-7-13(11)19/h1-2,5,7-9H,3-4,6,10,17H2,(H,20,21). The van der Waals surface area contributed by atoms with Crippen molar-refractivity contribution in [3.05, 3.63) is 47.7 Å². The number of hydrogen-bond acceptors (Lipinski definition) is 4. The molecule has 1 aliphatic heterocycles. The number of aromatic carboxylic acids is 1. The van der Waals surface area contributed by atoms with Gasteiger partial charge in [0.25, 0.3) is 0 Å². The molecule has 0 saturated heterocycles. The van der Waals surface area contributed by atoms with E-state index in [0.29, 0.717) is 5.82 Å². The van der Waals surface area contributed by atoms with E-state index in [-0.39, 0.29) is 11.3 Å². The average molecular weight is 283 g/mol. The number of anilines is 3. The lowest BCUT2D eigenvalue weighted by Gasteiger charge is -2.25. The van der Waals surface area contributed by atoms with Gasteiger partial charge >= 0.3 is 5.97 Å². The van der Waals surface area contributed by atoms with Gasteiger partial charge in [-0.3, -0.25) is 0 Å². The lowest BCUT2D eigenvalue weighted by atomic mass is 10.1. The van der Waals surface area contributed by atoms with Crippen LogP contribution in [-0.4, -0.2) is 22.6 Å². The number of nitrogen functional groups attached to an aromatic ring is 1. The molecule has 2 aromatic rings. The van der Waals surface area contributed by atoms with Crippen molar-refractivity contribution in [2.75, 3.05) is 17.2 Å². The molecule has 21 heavy (non-hydrogen) atoms. The van der Waals surface area contributed by atoms with E-state index < -0.39 is 5.97 Å². The summed E-state index contributed by atoms with van der Waals surface area (Å²) in [7, 11) is 0. The van der Waals surface area contributed by atoms with Crippen LogP contribution in [0.2, 0.25) is 0 Å². The number of pyridine rings is 1. The molecular formula is C16H17N3O2. The molecule has 3 rings (SSSR count). The molecule has 108 valence electrons. The molecule has 1 aromatic carbocycles. The number of carboxylic acids is 1. The van der Waals surface area contributed by atoms with E-state index in [1.807, 2.05) is 23.1 Å². The summed E-state index contributed by atoms with van der Waals surface area (Å²) in [5.41, 5.74) is 8.67. The van der Waals surface area contributed by atoms with Gasteiger partial charge in [-0.25, -0.2) is 9.78 Å². The molecule has 1 aliphatic rings. The van der Waals surface area contributed by atoms with Crippen molar-refractivity contribution in [1.82, 2.24) is 4.98 Å². The zero-order valence-electron chi connectivity index (χ0n) is 11.6. The number of rotatable bonds is 2. The van der Waals surface area contributed by atoms with Gasteiger partial charge in [-0.05, 0) is 37.0 Å². The van der Waals surface area contributed by atoms with E-state index >= 15 is 0 Å². The molecule has 0 spiro atoms. The third kappa shape index (κ3) is 2.42. The van der Waals surface area contributed by atoms with Crippen LogP contribution in [0.4, 0.5) is 17.2 Å². The number of carbonyl (C=O) groups is 1. The summed E-state index contributed by atoms with van der Waals surface area (Å²) in [5.74, 6) is -0.497. The van der Waals surface area contributed by atoms with Gasteiger partial charge in [0.15, 0.2) is 5.82 Å². The highest BCUT2D eigenvalue weighted by molar-refractivity contribution is 5.97. The fraction of sp³-hybridized carbons (Fsp3) is 0.250. The third-order valence-corrected chi connectivity index (χ3v) is 3.82. The van der Waals surface area contributed by atoms with Gasteiger partial charge in [0.05, 0.1) is 11.3 Å². The SMILES string of the molecule is Nc1c(C(=O)O)ccnc1N1CCCCc2ccccc21. The summed E-state index contributed by atoms with van der Waals surface area (Å²) in [6.07, 6.45) is 4.65. The van der Waals surface area contributed by atoms with E-state index in [1.165, 1.54) is 17.8 Å². The van der Waals surface area contributed by atoms with Crippen LogP contribution >= 0.6 is 0 Å². The normalized spacial score (nSPS) is 14.4. The molecule has 1 aromatic heterocycles. The average Bonchev–Trinajstić information content (AvgIpc) is 2.69. The predicted molar refractivity (Wildman–Crippen MR) is 82.0 cm³/mol. The van der Waals surface area contributed by atoms with Gasteiger partial charge in [0.1, 0.15) is 0 Å². The van der Waals surface area contributed by atoms with E-state index in [9.17, 15) is 9.90 Å². The number of aromatic nitrogens is 1. The van der Waals surface area contributed by atoms with Crippen molar-refractivity contribution in [1.29, 1.82) is 0 Å². The lowest BCUT2D eigenvalue weighted by molar-refractivity contribution is 0.0698. The van der Waals surface area contributed by atoms with Crippen molar-refractivity contribution in [3.8, 4) is 0 Å². The fourth-order valence-electron chi connectivity index (χ4n) is 2.78. The Morgan fingerprint density at radius 1 is 1.24 bits per heavy atom.